The molecule has 1 aromatic heterocycles. The van der Waals surface area contributed by atoms with Crippen molar-refractivity contribution in [2.75, 3.05) is 13.1 Å². The van der Waals surface area contributed by atoms with E-state index in [2.05, 4.69) is 18.3 Å². The Morgan fingerprint density at radius 2 is 1.88 bits per heavy atom. The predicted octanol–water partition coefficient (Wildman–Crippen LogP) is 3.73. The molecular formula is C21H28N2O3. The van der Waals surface area contributed by atoms with Crippen LogP contribution in [-0.2, 0) is 4.79 Å². The van der Waals surface area contributed by atoms with Gasteiger partial charge in [0.2, 0.25) is 5.91 Å². The first kappa shape index (κ1) is 18.5. The highest BCUT2D eigenvalue weighted by atomic mass is 16.3. The monoisotopic (exact) mass is 356 g/mol. The average Bonchev–Trinajstić information content (AvgIpc) is 2.90. The summed E-state index contributed by atoms with van der Waals surface area (Å²) in [5.41, 5.74) is 3.96. The lowest BCUT2D eigenvalue weighted by Crippen LogP contribution is -2.46. The second-order valence-corrected chi connectivity index (χ2v) is 7.74. The summed E-state index contributed by atoms with van der Waals surface area (Å²) in [5.74, 6) is 0.167. The molecule has 1 N–H and O–H groups in total. The first-order chi connectivity index (χ1) is 12.3. The van der Waals surface area contributed by atoms with Crippen LogP contribution in [0, 0.1) is 26.7 Å². The van der Waals surface area contributed by atoms with Crippen LogP contribution in [0.15, 0.2) is 16.5 Å². The van der Waals surface area contributed by atoms with Crippen LogP contribution in [0.2, 0.25) is 0 Å². The summed E-state index contributed by atoms with van der Waals surface area (Å²) in [6, 6.07) is 4.18. The van der Waals surface area contributed by atoms with E-state index in [1.807, 2.05) is 33.8 Å². The van der Waals surface area contributed by atoms with Gasteiger partial charge in [-0.05, 0) is 70.7 Å². The molecule has 1 aliphatic rings. The normalized spacial score (nSPS) is 17.8. The summed E-state index contributed by atoms with van der Waals surface area (Å²) in [4.78, 5) is 27.1. The molecule has 2 heterocycles. The van der Waals surface area contributed by atoms with Crippen molar-refractivity contribution in [2.24, 2.45) is 5.92 Å². The smallest absolute Gasteiger partial charge is 0.289 e. The highest BCUT2D eigenvalue weighted by Gasteiger charge is 2.31. The fraction of sp³-hybridized carbons (Fsp3) is 0.524. The number of furan rings is 1. The van der Waals surface area contributed by atoms with Gasteiger partial charge >= 0.3 is 0 Å². The molecule has 0 bridgehead atoms. The number of carbonyl (C=O) groups excluding carboxylic acids is 2. The number of nitrogens with one attached hydrogen (secondary N) is 1. The number of hydrogen-bond acceptors (Lipinski definition) is 3. The van der Waals surface area contributed by atoms with Crippen LogP contribution in [0.4, 0.5) is 0 Å². The third kappa shape index (κ3) is 3.48. The van der Waals surface area contributed by atoms with Gasteiger partial charge in [-0.15, -0.1) is 0 Å². The van der Waals surface area contributed by atoms with Crippen molar-refractivity contribution in [1.29, 1.82) is 0 Å². The van der Waals surface area contributed by atoms with Crippen LogP contribution in [0.5, 0.6) is 0 Å². The number of hydrogen-bond donors (Lipinski definition) is 1. The van der Waals surface area contributed by atoms with Gasteiger partial charge in [0.1, 0.15) is 5.58 Å². The molecule has 1 unspecified atom stereocenters. The first-order valence-corrected chi connectivity index (χ1v) is 9.38. The second kappa shape index (κ2) is 7.14. The molecule has 2 amide bonds. The molecule has 5 nitrogen and oxygen atoms in total. The number of piperidine rings is 1. The summed E-state index contributed by atoms with van der Waals surface area (Å²) >= 11 is 0. The number of carbonyl (C=O) groups is 2. The van der Waals surface area contributed by atoms with Gasteiger partial charge in [-0.2, -0.15) is 0 Å². The number of fused-ring (bicyclic) bond motifs is 1. The van der Waals surface area contributed by atoms with E-state index in [1.165, 1.54) is 5.56 Å². The Morgan fingerprint density at radius 1 is 1.19 bits per heavy atom. The van der Waals surface area contributed by atoms with Crippen LogP contribution >= 0.6 is 0 Å². The maximum Gasteiger partial charge on any atom is 0.289 e. The molecule has 5 heteroatoms. The largest absolute Gasteiger partial charge is 0.451 e. The lowest BCUT2D eigenvalue weighted by Gasteiger charge is -2.32. The van der Waals surface area contributed by atoms with E-state index in [-0.39, 0.29) is 23.8 Å². The topological polar surface area (TPSA) is 62.6 Å². The molecular weight excluding hydrogens is 328 g/mol. The minimum Gasteiger partial charge on any atom is -0.451 e. The van der Waals surface area contributed by atoms with Gasteiger partial charge < -0.3 is 14.6 Å². The van der Waals surface area contributed by atoms with Crippen molar-refractivity contribution in [3.05, 3.63) is 34.6 Å². The van der Waals surface area contributed by atoms with E-state index in [4.69, 9.17) is 4.42 Å². The molecule has 2 aromatic rings. The highest BCUT2D eigenvalue weighted by molar-refractivity contribution is 5.99. The number of rotatable bonds is 3. The summed E-state index contributed by atoms with van der Waals surface area (Å²) in [7, 11) is 0. The molecule has 1 aliphatic heterocycles. The van der Waals surface area contributed by atoms with E-state index >= 15 is 0 Å². The van der Waals surface area contributed by atoms with Crippen molar-refractivity contribution in [3.63, 3.8) is 0 Å². The average molecular weight is 356 g/mol. The van der Waals surface area contributed by atoms with Crippen LogP contribution in [0.1, 0.15) is 53.9 Å². The molecule has 26 heavy (non-hydrogen) atoms. The summed E-state index contributed by atoms with van der Waals surface area (Å²) in [5, 5.41) is 3.95. The van der Waals surface area contributed by atoms with E-state index in [9.17, 15) is 9.59 Å². The third-order valence-electron chi connectivity index (χ3n) is 5.26. The quantitative estimate of drug-likeness (QED) is 0.911. The van der Waals surface area contributed by atoms with Crippen molar-refractivity contribution < 1.29 is 14.0 Å². The molecule has 0 saturated carbocycles. The van der Waals surface area contributed by atoms with Gasteiger partial charge in [-0.3, -0.25) is 9.59 Å². The van der Waals surface area contributed by atoms with Crippen molar-refractivity contribution >= 4 is 22.8 Å². The van der Waals surface area contributed by atoms with Crippen molar-refractivity contribution in [3.8, 4) is 0 Å². The number of nitrogens with zero attached hydrogens (tertiary/aromatic N) is 1. The van der Waals surface area contributed by atoms with Gasteiger partial charge in [0, 0.05) is 30.1 Å². The van der Waals surface area contributed by atoms with Gasteiger partial charge in [-0.25, -0.2) is 0 Å². The minimum atomic E-state index is -0.149. The Hall–Kier alpha value is -2.30. The maximum absolute atomic E-state index is 13.1. The molecule has 3 rings (SSSR count). The lowest BCUT2D eigenvalue weighted by molar-refractivity contribution is -0.126. The zero-order chi connectivity index (χ0) is 19.0. The first-order valence-electron chi connectivity index (χ1n) is 9.38. The Kier molecular flexibility index (Phi) is 5.08. The molecule has 140 valence electrons. The van der Waals surface area contributed by atoms with Gasteiger partial charge in [0.05, 0.1) is 5.92 Å². The Morgan fingerprint density at radius 3 is 2.58 bits per heavy atom. The zero-order valence-electron chi connectivity index (χ0n) is 16.3. The van der Waals surface area contributed by atoms with E-state index < -0.39 is 0 Å². The number of likely N-dealkylation sites (tertiary alicyclic amines) is 1. The van der Waals surface area contributed by atoms with Crippen molar-refractivity contribution in [1.82, 2.24) is 10.2 Å². The molecule has 1 aromatic carbocycles. The second-order valence-electron chi connectivity index (χ2n) is 7.74. The number of benzene rings is 1. The fourth-order valence-electron chi connectivity index (χ4n) is 3.60. The third-order valence-corrected chi connectivity index (χ3v) is 5.26. The zero-order valence-corrected chi connectivity index (χ0v) is 16.3. The number of aryl methyl sites for hydroxylation is 3. The van der Waals surface area contributed by atoms with Gasteiger partial charge in [0.25, 0.3) is 5.91 Å². The molecule has 0 spiro atoms. The molecule has 1 saturated heterocycles. The summed E-state index contributed by atoms with van der Waals surface area (Å²) in [6.07, 6.45) is 1.65. The van der Waals surface area contributed by atoms with Crippen LogP contribution in [-0.4, -0.2) is 35.8 Å². The number of amides is 2. The molecule has 1 fully saturated rings. The lowest BCUT2D eigenvalue weighted by atomic mass is 9.96. The van der Waals surface area contributed by atoms with Gasteiger partial charge in [-0.1, -0.05) is 0 Å². The van der Waals surface area contributed by atoms with Crippen molar-refractivity contribution in [2.45, 2.75) is 53.5 Å². The minimum absolute atomic E-state index is 0.0325. The highest BCUT2D eigenvalue weighted by Crippen LogP contribution is 2.30. The van der Waals surface area contributed by atoms with Gasteiger partial charge in [0.15, 0.2) is 5.76 Å². The SMILES string of the molecule is Cc1cc2oc(C(=O)N3CCCC(C(=O)NC(C)C)C3)c(C)c2cc1C. The predicted molar refractivity (Wildman–Crippen MR) is 102 cm³/mol. The Labute approximate surface area is 154 Å². The summed E-state index contributed by atoms with van der Waals surface area (Å²) < 4.78 is 5.92. The summed E-state index contributed by atoms with van der Waals surface area (Å²) in [6.45, 7) is 11.0. The van der Waals surface area contributed by atoms with Crippen LogP contribution < -0.4 is 5.32 Å². The molecule has 1 atom stereocenters. The molecule has 0 radical (unpaired) electrons. The van der Waals surface area contributed by atoms with Crippen LogP contribution in [0.25, 0.3) is 11.0 Å². The maximum atomic E-state index is 13.1. The standard InChI is InChI=1S/C21H28N2O3/c1-12(2)22-20(24)16-7-6-8-23(11-16)21(25)19-15(5)17-9-13(3)14(4)10-18(17)26-19/h9-10,12,16H,6-8,11H2,1-5H3,(H,22,24). The Bertz CT molecular complexity index is 851. The van der Waals surface area contributed by atoms with E-state index in [1.54, 1.807) is 4.90 Å². The van der Waals surface area contributed by atoms with E-state index in [0.29, 0.717) is 18.8 Å². The van der Waals surface area contributed by atoms with E-state index in [0.717, 1.165) is 34.9 Å². The van der Waals surface area contributed by atoms with Crippen LogP contribution in [0.3, 0.4) is 0 Å². The molecule has 0 aliphatic carbocycles. The Balaban J connectivity index is 1.83. The fourth-order valence-corrected chi connectivity index (χ4v) is 3.60.